The fraction of sp³-hybridized carbons (Fsp3) is 0.176. The number of nitrogens with two attached hydrogens (primary N) is 1. The minimum Gasteiger partial charge on any atom is -0.494 e. The molecule has 0 saturated carbocycles. The summed E-state index contributed by atoms with van der Waals surface area (Å²) in [7, 11) is 0. The summed E-state index contributed by atoms with van der Waals surface area (Å²) in [5.41, 5.74) is 10.1. The van der Waals surface area contributed by atoms with E-state index < -0.39 is 0 Å². The molecule has 0 aliphatic heterocycles. The highest BCUT2D eigenvalue weighted by Crippen LogP contribution is 2.27. The molecular formula is C17H17N3O. The zero-order chi connectivity index (χ0) is 14.7. The molecule has 1 unspecified atom stereocenters. The molecule has 0 radical (unpaired) electrons. The minimum absolute atomic E-state index is 0.259. The molecule has 106 valence electrons. The first-order chi connectivity index (χ1) is 10.3. The van der Waals surface area contributed by atoms with Gasteiger partial charge < -0.3 is 10.5 Å². The summed E-state index contributed by atoms with van der Waals surface area (Å²) in [5.74, 6) is 0.830. The molecule has 1 heterocycles. The quantitative estimate of drug-likeness (QED) is 0.797. The van der Waals surface area contributed by atoms with Crippen LogP contribution in [0.4, 0.5) is 0 Å². The maximum atomic E-state index is 6.42. The number of benzene rings is 2. The zero-order valence-electron chi connectivity index (χ0n) is 11.9. The van der Waals surface area contributed by atoms with E-state index in [0.717, 1.165) is 27.9 Å². The monoisotopic (exact) mass is 279 g/mol. The van der Waals surface area contributed by atoms with Crippen LogP contribution in [0.25, 0.3) is 11.0 Å². The highest BCUT2D eigenvalue weighted by Gasteiger charge is 2.14. The normalized spacial score (nSPS) is 12.3. The van der Waals surface area contributed by atoms with E-state index in [2.05, 4.69) is 9.97 Å². The summed E-state index contributed by atoms with van der Waals surface area (Å²) in [4.78, 5) is 8.73. The van der Waals surface area contributed by atoms with Gasteiger partial charge in [-0.3, -0.25) is 9.97 Å². The van der Waals surface area contributed by atoms with Crippen molar-refractivity contribution in [3.63, 3.8) is 0 Å². The molecule has 1 aromatic heterocycles. The number of fused-ring (bicyclic) bond motifs is 1. The van der Waals surface area contributed by atoms with Crippen LogP contribution < -0.4 is 10.5 Å². The van der Waals surface area contributed by atoms with E-state index in [9.17, 15) is 0 Å². The number of rotatable bonds is 4. The molecular weight excluding hydrogens is 262 g/mol. The maximum absolute atomic E-state index is 6.42. The third-order valence-corrected chi connectivity index (χ3v) is 3.39. The zero-order valence-corrected chi connectivity index (χ0v) is 11.9. The van der Waals surface area contributed by atoms with Gasteiger partial charge in [0.2, 0.25) is 0 Å². The first kappa shape index (κ1) is 13.5. The van der Waals surface area contributed by atoms with Crippen molar-refractivity contribution in [2.45, 2.75) is 13.0 Å². The third kappa shape index (κ3) is 2.71. The topological polar surface area (TPSA) is 61.0 Å². The number of nitrogens with zero attached hydrogens (tertiary/aromatic N) is 2. The van der Waals surface area contributed by atoms with Crippen molar-refractivity contribution in [2.24, 2.45) is 5.73 Å². The van der Waals surface area contributed by atoms with Gasteiger partial charge in [-0.05, 0) is 30.7 Å². The Morgan fingerprint density at radius 1 is 1.10 bits per heavy atom. The lowest BCUT2D eigenvalue weighted by molar-refractivity contribution is 0.340. The van der Waals surface area contributed by atoms with E-state index in [1.807, 2.05) is 49.4 Å². The molecule has 2 aromatic carbocycles. The second-order valence-electron chi connectivity index (χ2n) is 4.75. The van der Waals surface area contributed by atoms with Crippen LogP contribution in [0, 0.1) is 0 Å². The fourth-order valence-electron chi connectivity index (χ4n) is 2.41. The van der Waals surface area contributed by atoms with Gasteiger partial charge in [0, 0.05) is 18.0 Å². The maximum Gasteiger partial charge on any atom is 0.119 e. The lowest BCUT2D eigenvalue weighted by Crippen LogP contribution is -2.13. The van der Waals surface area contributed by atoms with Crippen molar-refractivity contribution in [3.05, 3.63) is 66.0 Å². The molecule has 4 nitrogen and oxygen atoms in total. The Hall–Kier alpha value is -2.46. The van der Waals surface area contributed by atoms with E-state index in [0.29, 0.717) is 6.61 Å². The fourth-order valence-corrected chi connectivity index (χ4v) is 2.41. The first-order valence-corrected chi connectivity index (χ1v) is 6.97. The molecule has 0 fully saturated rings. The summed E-state index contributed by atoms with van der Waals surface area (Å²) in [6.45, 7) is 2.60. The van der Waals surface area contributed by atoms with Crippen LogP contribution in [0.1, 0.15) is 24.1 Å². The van der Waals surface area contributed by atoms with E-state index in [1.165, 1.54) is 0 Å². The number of aromatic nitrogens is 2. The molecule has 0 saturated heterocycles. The van der Waals surface area contributed by atoms with E-state index >= 15 is 0 Å². The minimum atomic E-state index is -0.259. The Balaban J connectivity index is 2.04. The van der Waals surface area contributed by atoms with E-state index in [-0.39, 0.29) is 6.04 Å². The number of hydrogen-bond acceptors (Lipinski definition) is 4. The summed E-state index contributed by atoms with van der Waals surface area (Å²) in [5, 5.41) is 0. The molecule has 0 aliphatic rings. The van der Waals surface area contributed by atoms with Crippen LogP contribution >= 0.6 is 0 Å². The molecule has 3 rings (SSSR count). The molecule has 0 amide bonds. The highest BCUT2D eigenvalue weighted by atomic mass is 16.5. The molecule has 0 aliphatic carbocycles. The summed E-state index contributed by atoms with van der Waals surface area (Å²) < 4.78 is 5.54. The van der Waals surface area contributed by atoms with Crippen molar-refractivity contribution in [2.75, 3.05) is 6.61 Å². The Bertz CT molecular complexity index is 752. The predicted molar refractivity (Wildman–Crippen MR) is 83.2 cm³/mol. The highest BCUT2D eigenvalue weighted by molar-refractivity contribution is 5.78. The van der Waals surface area contributed by atoms with Gasteiger partial charge in [-0.15, -0.1) is 0 Å². The molecule has 0 spiro atoms. The Kier molecular flexibility index (Phi) is 3.79. The van der Waals surface area contributed by atoms with Crippen LogP contribution in [-0.2, 0) is 0 Å². The van der Waals surface area contributed by atoms with Gasteiger partial charge in [0.1, 0.15) is 5.75 Å². The lowest BCUT2D eigenvalue weighted by Gasteiger charge is -2.15. The summed E-state index contributed by atoms with van der Waals surface area (Å²) >= 11 is 0. The smallest absolute Gasteiger partial charge is 0.119 e. The van der Waals surface area contributed by atoms with Crippen LogP contribution in [0.3, 0.4) is 0 Å². The average Bonchev–Trinajstić information content (AvgIpc) is 2.54. The number of para-hydroxylation sites is 1. The molecule has 4 heteroatoms. The number of ether oxygens (including phenoxy) is 1. The van der Waals surface area contributed by atoms with Crippen molar-refractivity contribution < 1.29 is 4.74 Å². The molecule has 2 N–H and O–H groups in total. The van der Waals surface area contributed by atoms with Gasteiger partial charge in [-0.25, -0.2) is 0 Å². The molecule has 0 bridgehead atoms. The van der Waals surface area contributed by atoms with E-state index in [1.54, 1.807) is 12.4 Å². The molecule has 21 heavy (non-hydrogen) atoms. The van der Waals surface area contributed by atoms with Gasteiger partial charge >= 0.3 is 0 Å². The van der Waals surface area contributed by atoms with Crippen LogP contribution in [0.15, 0.2) is 54.9 Å². The Labute approximate surface area is 123 Å². The Morgan fingerprint density at radius 3 is 2.76 bits per heavy atom. The van der Waals surface area contributed by atoms with Gasteiger partial charge in [-0.2, -0.15) is 0 Å². The van der Waals surface area contributed by atoms with Crippen LogP contribution in [0.2, 0.25) is 0 Å². The SMILES string of the molecule is CCOc1cccc(C(N)c2cccc3nccnc23)c1. The van der Waals surface area contributed by atoms with E-state index in [4.69, 9.17) is 10.5 Å². The summed E-state index contributed by atoms with van der Waals surface area (Å²) in [6.07, 6.45) is 3.38. The molecule has 1 atom stereocenters. The van der Waals surface area contributed by atoms with Crippen LogP contribution in [-0.4, -0.2) is 16.6 Å². The number of hydrogen-bond donors (Lipinski definition) is 1. The first-order valence-electron chi connectivity index (χ1n) is 6.97. The van der Waals surface area contributed by atoms with Gasteiger partial charge in [-0.1, -0.05) is 24.3 Å². The second kappa shape index (κ2) is 5.89. The standard InChI is InChI=1S/C17H17N3O/c1-2-21-13-6-3-5-12(11-13)16(18)14-7-4-8-15-17(14)20-10-9-19-15/h3-11,16H,2,18H2,1H3. The Morgan fingerprint density at radius 2 is 1.90 bits per heavy atom. The second-order valence-corrected chi connectivity index (χ2v) is 4.75. The largest absolute Gasteiger partial charge is 0.494 e. The predicted octanol–water partition coefficient (Wildman–Crippen LogP) is 3.08. The lowest BCUT2D eigenvalue weighted by atomic mass is 9.98. The van der Waals surface area contributed by atoms with Crippen LogP contribution in [0.5, 0.6) is 5.75 Å². The summed E-state index contributed by atoms with van der Waals surface area (Å²) in [6, 6.07) is 13.5. The van der Waals surface area contributed by atoms with Crippen molar-refractivity contribution >= 4 is 11.0 Å². The van der Waals surface area contributed by atoms with Gasteiger partial charge in [0.25, 0.3) is 0 Å². The van der Waals surface area contributed by atoms with Gasteiger partial charge in [0.15, 0.2) is 0 Å². The van der Waals surface area contributed by atoms with Crippen molar-refractivity contribution in [1.82, 2.24) is 9.97 Å². The molecule has 3 aromatic rings. The average molecular weight is 279 g/mol. The van der Waals surface area contributed by atoms with Crippen molar-refractivity contribution in [3.8, 4) is 5.75 Å². The third-order valence-electron chi connectivity index (χ3n) is 3.39. The van der Waals surface area contributed by atoms with Gasteiger partial charge in [0.05, 0.1) is 23.7 Å². The van der Waals surface area contributed by atoms with Crippen molar-refractivity contribution in [1.29, 1.82) is 0 Å².